The van der Waals surface area contributed by atoms with Crippen LogP contribution in [-0.4, -0.2) is 59.7 Å². The maximum atomic E-state index is 12.8. The Morgan fingerprint density at radius 3 is 2.65 bits per heavy atom. The molecule has 2 saturated heterocycles. The van der Waals surface area contributed by atoms with E-state index in [1.807, 2.05) is 6.92 Å². The van der Waals surface area contributed by atoms with Crippen molar-refractivity contribution in [3.63, 3.8) is 0 Å². The van der Waals surface area contributed by atoms with E-state index in [1.165, 1.54) is 0 Å². The minimum absolute atomic E-state index is 0.187. The smallest absolute Gasteiger partial charge is 0.294 e. The molecule has 9 heteroatoms. The van der Waals surface area contributed by atoms with Gasteiger partial charge in [0.2, 0.25) is 5.91 Å². The van der Waals surface area contributed by atoms with Crippen LogP contribution in [-0.2, 0) is 9.59 Å². The molecular weight excluding hydrogens is 484 g/mol. The summed E-state index contributed by atoms with van der Waals surface area (Å²) >= 11 is 4.31. The highest BCUT2D eigenvalue weighted by Crippen LogP contribution is 2.39. The van der Waals surface area contributed by atoms with Gasteiger partial charge in [-0.3, -0.25) is 19.3 Å². The highest BCUT2D eigenvalue weighted by molar-refractivity contribution is 9.10. The molecule has 0 atom stereocenters. The van der Waals surface area contributed by atoms with Gasteiger partial charge in [0.25, 0.3) is 11.1 Å². The number of likely N-dealkylation sites (tertiary alicyclic amines) is 1. The zero-order chi connectivity index (χ0) is 22.4. The Labute approximate surface area is 194 Å². The van der Waals surface area contributed by atoms with Gasteiger partial charge in [0, 0.05) is 13.1 Å². The molecule has 1 aromatic rings. The number of amides is 3. The molecule has 0 spiro atoms. The Kier molecular flexibility index (Phi) is 8.20. The van der Waals surface area contributed by atoms with Gasteiger partial charge in [-0.2, -0.15) is 0 Å². The minimum atomic E-state index is -0.457. The molecule has 0 aliphatic carbocycles. The molecule has 1 aromatic carbocycles. The van der Waals surface area contributed by atoms with E-state index in [-0.39, 0.29) is 17.4 Å². The molecule has 3 rings (SSSR count). The van der Waals surface area contributed by atoms with Gasteiger partial charge in [0.15, 0.2) is 11.5 Å². The third-order valence-corrected chi connectivity index (χ3v) is 6.35. The zero-order valence-electron chi connectivity index (χ0n) is 17.4. The Balaban J connectivity index is 1.78. The second-order valence-electron chi connectivity index (χ2n) is 7.07. The predicted molar refractivity (Wildman–Crippen MR) is 124 cm³/mol. The fraction of sp³-hybridized carbons (Fsp3) is 0.409. The van der Waals surface area contributed by atoms with Crippen molar-refractivity contribution in [3.8, 4) is 11.5 Å². The van der Waals surface area contributed by atoms with Crippen LogP contribution < -0.4 is 9.47 Å². The first-order valence-corrected chi connectivity index (χ1v) is 11.8. The fourth-order valence-electron chi connectivity index (χ4n) is 3.38. The van der Waals surface area contributed by atoms with Gasteiger partial charge in [-0.1, -0.05) is 12.7 Å². The van der Waals surface area contributed by atoms with Crippen LogP contribution in [0.25, 0.3) is 6.08 Å². The molecule has 0 radical (unpaired) electrons. The average molecular weight is 509 g/mol. The number of thioether (sulfide) groups is 1. The van der Waals surface area contributed by atoms with Gasteiger partial charge in [-0.15, -0.1) is 0 Å². The largest absolute Gasteiger partial charge is 0.490 e. The van der Waals surface area contributed by atoms with Gasteiger partial charge in [0.1, 0.15) is 13.2 Å². The number of hydrogen-bond acceptors (Lipinski definition) is 6. The summed E-state index contributed by atoms with van der Waals surface area (Å²) in [5.41, 5.74) is 0.675. The van der Waals surface area contributed by atoms with Crippen LogP contribution >= 0.6 is 27.7 Å². The molecule has 3 amide bonds. The van der Waals surface area contributed by atoms with Crippen molar-refractivity contribution < 1.29 is 23.9 Å². The monoisotopic (exact) mass is 508 g/mol. The van der Waals surface area contributed by atoms with Crippen molar-refractivity contribution in [2.75, 3.05) is 32.8 Å². The maximum Gasteiger partial charge on any atom is 0.294 e. The van der Waals surface area contributed by atoms with Crippen molar-refractivity contribution in [1.29, 1.82) is 0 Å². The molecule has 31 heavy (non-hydrogen) atoms. The summed E-state index contributed by atoms with van der Waals surface area (Å²) in [7, 11) is 0. The number of halogens is 1. The standard InChI is InChI=1S/C22H25BrN2O5S/c1-3-10-30-20-16(23)11-15(12-17(20)29-4-2)13-18-21(27)25(22(28)31-18)14-19(26)24-8-6-5-7-9-24/h3,11-13H,1,4-10,14H2,2H3/b18-13+. The first-order valence-electron chi connectivity index (χ1n) is 10.2. The van der Waals surface area contributed by atoms with E-state index in [4.69, 9.17) is 9.47 Å². The fourth-order valence-corrected chi connectivity index (χ4v) is 4.80. The molecule has 166 valence electrons. The number of hydrogen-bond donors (Lipinski definition) is 0. The van der Waals surface area contributed by atoms with Crippen molar-refractivity contribution in [1.82, 2.24) is 9.80 Å². The zero-order valence-corrected chi connectivity index (χ0v) is 19.8. The number of benzene rings is 1. The van der Waals surface area contributed by atoms with Gasteiger partial charge >= 0.3 is 0 Å². The predicted octanol–water partition coefficient (Wildman–Crippen LogP) is 4.46. The number of ether oxygens (including phenoxy) is 2. The number of rotatable bonds is 8. The molecule has 2 aliphatic rings. The van der Waals surface area contributed by atoms with Gasteiger partial charge in [-0.05, 0) is 77.7 Å². The van der Waals surface area contributed by atoms with Crippen molar-refractivity contribution in [2.24, 2.45) is 0 Å². The molecule has 7 nitrogen and oxygen atoms in total. The quantitative estimate of drug-likeness (QED) is 0.381. The minimum Gasteiger partial charge on any atom is -0.490 e. The summed E-state index contributed by atoms with van der Waals surface area (Å²) in [5.74, 6) is 0.415. The summed E-state index contributed by atoms with van der Waals surface area (Å²) in [4.78, 5) is 40.7. The van der Waals surface area contributed by atoms with Crippen LogP contribution in [0.5, 0.6) is 11.5 Å². The molecule has 0 unspecified atom stereocenters. The van der Waals surface area contributed by atoms with Crippen LogP contribution in [0.4, 0.5) is 4.79 Å². The lowest BCUT2D eigenvalue weighted by atomic mass is 10.1. The van der Waals surface area contributed by atoms with Crippen LogP contribution in [0.1, 0.15) is 31.7 Å². The lowest BCUT2D eigenvalue weighted by molar-refractivity contribution is -0.136. The summed E-state index contributed by atoms with van der Waals surface area (Å²) < 4.78 is 12.0. The number of imide groups is 1. The number of nitrogens with zero attached hydrogens (tertiary/aromatic N) is 2. The van der Waals surface area contributed by atoms with E-state index in [0.29, 0.717) is 47.8 Å². The van der Waals surface area contributed by atoms with Crippen LogP contribution in [0.15, 0.2) is 34.2 Å². The first kappa shape index (κ1) is 23.4. The summed E-state index contributed by atoms with van der Waals surface area (Å²) in [6.45, 7) is 7.41. The third kappa shape index (κ3) is 5.71. The topological polar surface area (TPSA) is 76.2 Å². The molecular formula is C22H25BrN2O5S. The lowest BCUT2D eigenvalue weighted by Gasteiger charge is -2.27. The first-order chi connectivity index (χ1) is 14.9. The van der Waals surface area contributed by atoms with E-state index in [9.17, 15) is 14.4 Å². The van der Waals surface area contributed by atoms with Crippen molar-refractivity contribution in [2.45, 2.75) is 26.2 Å². The second-order valence-corrected chi connectivity index (χ2v) is 8.92. The van der Waals surface area contributed by atoms with Crippen molar-refractivity contribution >= 4 is 50.8 Å². The van der Waals surface area contributed by atoms with Crippen LogP contribution in [0.3, 0.4) is 0 Å². The summed E-state index contributed by atoms with van der Waals surface area (Å²) in [6.07, 6.45) is 6.27. The Morgan fingerprint density at radius 2 is 1.97 bits per heavy atom. The molecule has 0 N–H and O–H groups in total. The van der Waals surface area contributed by atoms with E-state index >= 15 is 0 Å². The van der Waals surface area contributed by atoms with Gasteiger partial charge in [0.05, 0.1) is 16.0 Å². The van der Waals surface area contributed by atoms with Gasteiger partial charge in [-0.25, -0.2) is 0 Å². The average Bonchev–Trinajstić information content (AvgIpc) is 3.01. The second kappa shape index (κ2) is 10.9. The highest BCUT2D eigenvalue weighted by Gasteiger charge is 2.37. The van der Waals surface area contributed by atoms with E-state index < -0.39 is 11.1 Å². The Bertz CT molecular complexity index is 911. The Morgan fingerprint density at radius 1 is 1.23 bits per heavy atom. The van der Waals surface area contributed by atoms with E-state index in [0.717, 1.165) is 35.9 Å². The highest BCUT2D eigenvalue weighted by atomic mass is 79.9. The molecule has 0 bridgehead atoms. The summed E-state index contributed by atoms with van der Waals surface area (Å²) in [5, 5.41) is -0.434. The van der Waals surface area contributed by atoms with Crippen LogP contribution in [0.2, 0.25) is 0 Å². The Hall–Kier alpha value is -2.26. The third-order valence-electron chi connectivity index (χ3n) is 4.85. The lowest BCUT2D eigenvalue weighted by Crippen LogP contribution is -2.44. The van der Waals surface area contributed by atoms with E-state index in [2.05, 4.69) is 22.5 Å². The van der Waals surface area contributed by atoms with Crippen molar-refractivity contribution in [3.05, 3.63) is 39.7 Å². The molecule has 2 fully saturated rings. The molecule has 2 aliphatic heterocycles. The van der Waals surface area contributed by atoms with Crippen LogP contribution in [0, 0.1) is 0 Å². The summed E-state index contributed by atoms with van der Waals surface area (Å²) in [6, 6.07) is 3.54. The van der Waals surface area contributed by atoms with Gasteiger partial charge < -0.3 is 14.4 Å². The number of piperidine rings is 1. The molecule has 2 heterocycles. The molecule has 0 aromatic heterocycles. The van der Waals surface area contributed by atoms with E-state index in [1.54, 1.807) is 29.2 Å². The number of carbonyl (C=O) groups is 3. The SMILES string of the molecule is C=CCOc1c(Br)cc(/C=C2/SC(=O)N(CC(=O)N3CCCCC3)C2=O)cc1OCC. The normalized spacial score (nSPS) is 17.9. The number of carbonyl (C=O) groups excluding carboxylic acids is 3. The maximum absolute atomic E-state index is 12.8. The molecule has 0 saturated carbocycles.